The fraction of sp³-hybridized carbons (Fsp3) is 0.167. The van der Waals surface area contributed by atoms with Crippen molar-refractivity contribution in [2.24, 2.45) is 0 Å². The van der Waals surface area contributed by atoms with Crippen LogP contribution in [-0.4, -0.2) is 50.3 Å². The second-order valence-electron chi connectivity index (χ2n) is 7.12. The van der Waals surface area contributed by atoms with Crippen molar-refractivity contribution in [1.29, 1.82) is 0 Å². The Bertz CT molecular complexity index is 1240. The van der Waals surface area contributed by atoms with E-state index in [1.807, 2.05) is 48.6 Å². The topological polar surface area (TPSA) is 59.1 Å². The third-order valence-electron chi connectivity index (χ3n) is 5.10. The fourth-order valence-electron chi connectivity index (χ4n) is 3.18. The normalized spacial score (nSPS) is 11.5. The summed E-state index contributed by atoms with van der Waals surface area (Å²) in [6, 6.07) is 16.0. The molecule has 0 unspecified atom stereocenters. The Labute approximate surface area is 193 Å². The summed E-state index contributed by atoms with van der Waals surface area (Å²) in [6.07, 6.45) is 4.09. The molecule has 0 saturated carbocycles. The van der Waals surface area contributed by atoms with Crippen LogP contribution in [0, 0.1) is 0 Å². The van der Waals surface area contributed by atoms with Gasteiger partial charge in [0, 0.05) is 23.5 Å². The van der Waals surface area contributed by atoms with E-state index in [9.17, 15) is 9.59 Å². The molecule has 2 aromatic heterocycles. The molecule has 8 heteroatoms. The van der Waals surface area contributed by atoms with Gasteiger partial charge < -0.3 is 0 Å². The minimum atomic E-state index is -0.162. The molecule has 2 aromatic carbocycles. The first-order valence-electron chi connectivity index (χ1n) is 9.79. The Morgan fingerprint density at radius 2 is 1.12 bits per heavy atom. The molecule has 0 spiro atoms. The summed E-state index contributed by atoms with van der Waals surface area (Å²) in [5.74, 6) is -0.325. The number of amides is 2. The molecule has 0 bridgehead atoms. The maximum Gasteiger partial charge on any atom is 0.287 e. The highest BCUT2D eigenvalue weighted by Crippen LogP contribution is 2.30. The van der Waals surface area contributed by atoms with Gasteiger partial charge in [-0.2, -0.15) is 0 Å². The largest absolute Gasteiger partial charge is 0.287 e. The molecular formula is C24H22N2O4S2. The monoisotopic (exact) mass is 466 g/mol. The van der Waals surface area contributed by atoms with Gasteiger partial charge in [-0.05, 0) is 46.2 Å². The summed E-state index contributed by atoms with van der Waals surface area (Å²) in [5, 5.41) is 4.49. The summed E-state index contributed by atoms with van der Waals surface area (Å²) < 4.78 is 2.08. The average Bonchev–Trinajstić information content (AvgIpc) is 3.44. The highest BCUT2D eigenvalue weighted by molar-refractivity contribution is 7.21. The van der Waals surface area contributed by atoms with Crippen molar-refractivity contribution >= 4 is 66.8 Å². The number of hydrogen-bond donors (Lipinski definition) is 0. The number of benzene rings is 2. The number of nitrogens with zero attached hydrogens (tertiary/aromatic N) is 2. The second-order valence-corrected chi connectivity index (χ2v) is 9.29. The smallest absolute Gasteiger partial charge is 0.274 e. The molecule has 4 aromatic rings. The second kappa shape index (κ2) is 9.22. The lowest BCUT2D eigenvalue weighted by molar-refractivity contribution is -0.0754. The van der Waals surface area contributed by atoms with Gasteiger partial charge in [-0.25, -0.2) is 10.1 Å². The van der Waals surface area contributed by atoms with Gasteiger partial charge in [0.25, 0.3) is 11.8 Å². The first-order chi connectivity index (χ1) is 15.4. The van der Waals surface area contributed by atoms with Crippen LogP contribution in [0.4, 0.5) is 0 Å². The van der Waals surface area contributed by atoms with Gasteiger partial charge in [0.1, 0.15) is 0 Å². The van der Waals surface area contributed by atoms with Crippen LogP contribution in [0.1, 0.15) is 30.5 Å². The molecule has 2 amide bonds. The molecule has 0 radical (unpaired) electrons. The Hall–Kier alpha value is -3.04. The van der Waals surface area contributed by atoms with E-state index in [0.29, 0.717) is 9.75 Å². The fourth-order valence-corrected chi connectivity index (χ4v) is 5.34. The van der Waals surface area contributed by atoms with Crippen LogP contribution in [0.25, 0.3) is 32.3 Å². The van der Waals surface area contributed by atoms with Crippen LogP contribution in [-0.2, 0) is 9.68 Å². The maximum atomic E-state index is 12.3. The molecule has 2 heterocycles. The minimum absolute atomic E-state index is 0.162. The van der Waals surface area contributed by atoms with E-state index in [4.69, 9.17) is 9.68 Å². The zero-order valence-corrected chi connectivity index (χ0v) is 19.8. The Morgan fingerprint density at radius 3 is 1.50 bits per heavy atom. The van der Waals surface area contributed by atoms with Gasteiger partial charge in [-0.3, -0.25) is 19.3 Å². The number of hydrogen-bond acceptors (Lipinski definition) is 6. The van der Waals surface area contributed by atoms with Crippen LogP contribution in [0.3, 0.4) is 0 Å². The molecule has 0 fully saturated rings. The zero-order valence-electron chi connectivity index (χ0n) is 18.1. The molecule has 0 aliphatic carbocycles. The first-order valence-corrected chi connectivity index (χ1v) is 11.4. The van der Waals surface area contributed by atoms with Gasteiger partial charge in [0.15, 0.2) is 0 Å². The van der Waals surface area contributed by atoms with Crippen LogP contribution >= 0.6 is 22.7 Å². The van der Waals surface area contributed by atoms with Crippen molar-refractivity contribution in [3.63, 3.8) is 0 Å². The number of carbonyl (C=O) groups is 2. The van der Waals surface area contributed by atoms with E-state index in [1.54, 1.807) is 14.1 Å². The summed E-state index contributed by atoms with van der Waals surface area (Å²) in [7, 11) is 6.14. The van der Waals surface area contributed by atoms with Crippen LogP contribution in [0.2, 0.25) is 0 Å². The number of rotatable bonds is 6. The lowest BCUT2D eigenvalue weighted by atomic mass is 10.1. The van der Waals surface area contributed by atoms with Crippen molar-refractivity contribution in [1.82, 2.24) is 10.1 Å². The third kappa shape index (κ3) is 4.44. The van der Waals surface area contributed by atoms with Crippen molar-refractivity contribution in [2.75, 3.05) is 28.3 Å². The molecule has 0 N–H and O–H groups in total. The molecule has 4 rings (SSSR count). The quantitative estimate of drug-likeness (QED) is 0.276. The Balaban J connectivity index is 1.56. The zero-order chi connectivity index (χ0) is 22.8. The van der Waals surface area contributed by atoms with Crippen LogP contribution in [0.15, 0.2) is 48.5 Å². The molecule has 6 nitrogen and oxygen atoms in total. The summed E-state index contributed by atoms with van der Waals surface area (Å²) in [4.78, 5) is 35.9. The molecule has 164 valence electrons. The van der Waals surface area contributed by atoms with E-state index < -0.39 is 0 Å². The number of carbonyl (C=O) groups excluding carboxylic acids is 2. The van der Waals surface area contributed by atoms with Crippen LogP contribution in [0.5, 0.6) is 0 Å². The summed E-state index contributed by atoms with van der Waals surface area (Å²) in [5.41, 5.74) is 2.09. The lowest BCUT2D eigenvalue weighted by Gasteiger charge is -2.11. The summed E-state index contributed by atoms with van der Waals surface area (Å²) >= 11 is 2.89. The highest BCUT2D eigenvalue weighted by atomic mass is 32.1. The SMILES string of the molecule is CON(C)C(=O)c1cc2ccc(/C=C\c3ccc4cc(C(=O)N(C)OC)sc4c3)cc2s1. The molecular weight excluding hydrogens is 444 g/mol. The van der Waals surface area contributed by atoms with Crippen LogP contribution < -0.4 is 0 Å². The predicted molar refractivity (Wildman–Crippen MR) is 131 cm³/mol. The third-order valence-corrected chi connectivity index (χ3v) is 7.27. The minimum Gasteiger partial charge on any atom is -0.274 e. The maximum absolute atomic E-state index is 12.3. The number of fused-ring (bicyclic) bond motifs is 2. The van der Waals surface area contributed by atoms with Gasteiger partial charge in [0.2, 0.25) is 0 Å². The van der Waals surface area contributed by atoms with E-state index in [2.05, 4.69) is 12.1 Å². The van der Waals surface area contributed by atoms with Gasteiger partial charge in [0.05, 0.1) is 24.0 Å². The number of hydroxylamine groups is 4. The molecule has 32 heavy (non-hydrogen) atoms. The van der Waals surface area contributed by atoms with E-state index in [1.165, 1.54) is 47.0 Å². The predicted octanol–water partition coefficient (Wildman–Crippen LogP) is 5.55. The van der Waals surface area contributed by atoms with Crippen molar-refractivity contribution in [3.8, 4) is 0 Å². The Morgan fingerprint density at radius 1 is 0.719 bits per heavy atom. The van der Waals surface area contributed by atoms with Crippen molar-refractivity contribution in [2.45, 2.75) is 0 Å². The molecule has 0 atom stereocenters. The lowest BCUT2D eigenvalue weighted by Crippen LogP contribution is -2.24. The average molecular weight is 467 g/mol. The van der Waals surface area contributed by atoms with Gasteiger partial charge in [-0.1, -0.05) is 36.4 Å². The molecule has 0 aliphatic rings. The number of thiophene rings is 2. The highest BCUT2D eigenvalue weighted by Gasteiger charge is 2.16. The molecule has 0 aliphatic heterocycles. The Kier molecular flexibility index (Phi) is 6.38. The first kappa shape index (κ1) is 22.2. The van der Waals surface area contributed by atoms with Gasteiger partial charge >= 0.3 is 0 Å². The summed E-state index contributed by atoms with van der Waals surface area (Å²) in [6.45, 7) is 0. The van der Waals surface area contributed by atoms with E-state index in [0.717, 1.165) is 31.3 Å². The van der Waals surface area contributed by atoms with Gasteiger partial charge in [-0.15, -0.1) is 22.7 Å². The standard InChI is InChI=1S/C24H22N2O4S2/c1-25(29-3)23(27)21-13-17-9-7-15(11-19(17)31-21)5-6-16-8-10-18-14-22(32-20(18)12-16)24(28)26(2)30-4/h5-14H,1-4H3/b6-5-. The molecule has 0 saturated heterocycles. The van der Waals surface area contributed by atoms with E-state index in [-0.39, 0.29) is 11.8 Å². The van der Waals surface area contributed by atoms with Crippen molar-refractivity contribution < 1.29 is 19.3 Å². The van der Waals surface area contributed by atoms with E-state index >= 15 is 0 Å². The van der Waals surface area contributed by atoms with Crippen molar-refractivity contribution in [3.05, 3.63) is 69.4 Å².